The molecule has 0 saturated carbocycles. The maximum absolute atomic E-state index is 13.9. The molecule has 2 aromatic rings. The predicted molar refractivity (Wildman–Crippen MR) is 86.0 cm³/mol. The Bertz CT molecular complexity index is 959. The lowest BCUT2D eigenvalue weighted by Gasteiger charge is -2.30. The summed E-state index contributed by atoms with van der Waals surface area (Å²) in [6.45, 7) is 0.228. The normalized spacial score (nSPS) is 14.4. The van der Waals surface area contributed by atoms with Gasteiger partial charge in [0.1, 0.15) is 11.6 Å². The molecule has 26 heavy (non-hydrogen) atoms. The molecular weight excluding hydrogens is 374 g/mol. The number of hydrogen-bond donors (Lipinski definition) is 0. The second-order valence-electron chi connectivity index (χ2n) is 5.78. The first-order valence-electron chi connectivity index (χ1n) is 7.63. The fraction of sp³-hybridized carbons (Fsp3) is 0.235. The molecule has 4 nitrogen and oxygen atoms in total. The zero-order valence-corrected chi connectivity index (χ0v) is 14.1. The number of fused-ring (bicyclic) bond motifs is 1. The molecule has 3 rings (SSSR count). The largest absolute Gasteiger partial charge is 0.341 e. The van der Waals surface area contributed by atoms with Gasteiger partial charge >= 0.3 is 5.76 Å². The number of sulfone groups is 1. The van der Waals surface area contributed by atoms with Gasteiger partial charge in [0.15, 0.2) is 0 Å². The standard InChI is InChI=1S/C17H13F4NO3S/c18-11-8-14(19)13-2-1-7-22(15(13)9-11)16(23)10-3-5-12(6-4-10)26(24,25)17(20)21/h3-6,8-9,17H,1-2,7H2. The lowest BCUT2D eigenvalue weighted by Crippen LogP contribution is -2.36. The highest BCUT2D eigenvalue weighted by Crippen LogP contribution is 2.31. The van der Waals surface area contributed by atoms with Crippen LogP contribution in [0.3, 0.4) is 0 Å². The van der Waals surface area contributed by atoms with Gasteiger partial charge in [-0.2, -0.15) is 8.78 Å². The average molecular weight is 387 g/mol. The summed E-state index contributed by atoms with van der Waals surface area (Å²) in [6.07, 6.45) is 0.829. The number of nitrogens with zero attached hydrogens (tertiary/aromatic N) is 1. The fourth-order valence-corrected chi connectivity index (χ4v) is 3.59. The summed E-state index contributed by atoms with van der Waals surface area (Å²) in [6, 6.07) is 5.82. The molecule has 1 amide bonds. The molecule has 1 aliphatic heterocycles. The van der Waals surface area contributed by atoms with Gasteiger partial charge in [0.05, 0.1) is 10.6 Å². The van der Waals surface area contributed by atoms with E-state index in [9.17, 15) is 30.8 Å². The minimum Gasteiger partial charge on any atom is -0.308 e. The fourth-order valence-electron chi connectivity index (χ4n) is 2.87. The van der Waals surface area contributed by atoms with Crippen LogP contribution >= 0.6 is 0 Å². The number of amides is 1. The van der Waals surface area contributed by atoms with Crippen molar-refractivity contribution in [2.45, 2.75) is 23.5 Å². The van der Waals surface area contributed by atoms with Gasteiger partial charge in [0, 0.05) is 23.7 Å². The molecule has 0 fully saturated rings. The number of alkyl halides is 2. The number of carbonyl (C=O) groups excluding carboxylic acids is 1. The van der Waals surface area contributed by atoms with Crippen molar-refractivity contribution in [3.8, 4) is 0 Å². The van der Waals surface area contributed by atoms with Crippen molar-refractivity contribution in [3.63, 3.8) is 0 Å². The third-order valence-corrected chi connectivity index (χ3v) is 5.54. The first-order valence-corrected chi connectivity index (χ1v) is 9.18. The minimum absolute atomic E-state index is 0.0238. The molecule has 0 aromatic heterocycles. The lowest BCUT2D eigenvalue weighted by atomic mass is 10.00. The molecule has 0 saturated heterocycles. The number of carbonyl (C=O) groups is 1. The maximum Gasteiger partial charge on any atom is 0.341 e. The van der Waals surface area contributed by atoms with Gasteiger partial charge in [-0.25, -0.2) is 17.2 Å². The molecule has 0 unspecified atom stereocenters. The van der Waals surface area contributed by atoms with Crippen molar-refractivity contribution in [1.82, 2.24) is 0 Å². The summed E-state index contributed by atoms with van der Waals surface area (Å²) in [4.78, 5) is 13.2. The van der Waals surface area contributed by atoms with Crippen LogP contribution in [-0.4, -0.2) is 26.6 Å². The van der Waals surface area contributed by atoms with Crippen LogP contribution < -0.4 is 4.90 Å². The van der Waals surface area contributed by atoms with Crippen LogP contribution in [0.15, 0.2) is 41.3 Å². The number of benzene rings is 2. The Morgan fingerprint density at radius 1 is 1.08 bits per heavy atom. The Morgan fingerprint density at radius 2 is 1.73 bits per heavy atom. The van der Waals surface area contributed by atoms with Crippen molar-refractivity contribution in [2.24, 2.45) is 0 Å². The Kier molecular flexibility index (Phi) is 4.74. The van der Waals surface area contributed by atoms with Crippen molar-refractivity contribution in [3.05, 3.63) is 59.2 Å². The highest BCUT2D eigenvalue weighted by Gasteiger charge is 2.29. The van der Waals surface area contributed by atoms with E-state index in [0.717, 1.165) is 36.4 Å². The number of halogens is 4. The van der Waals surface area contributed by atoms with Crippen LogP contribution in [0.2, 0.25) is 0 Å². The highest BCUT2D eigenvalue weighted by atomic mass is 32.2. The van der Waals surface area contributed by atoms with Gasteiger partial charge < -0.3 is 4.90 Å². The molecular formula is C17H13F4NO3S. The summed E-state index contributed by atoms with van der Waals surface area (Å²) in [7, 11) is -4.76. The highest BCUT2D eigenvalue weighted by molar-refractivity contribution is 7.91. The van der Waals surface area contributed by atoms with Crippen molar-refractivity contribution in [1.29, 1.82) is 0 Å². The summed E-state index contributed by atoms with van der Waals surface area (Å²) in [5.74, 6) is -5.73. The van der Waals surface area contributed by atoms with Crippen LogP contribution in [-0.2, 0) is 16.3 Å². The van der Waals surface area contributed by atoms with Crippen LogP contribution in [0.5, 0.6) is 0 Å². The van der Waals surface area contributed by atoms with Gasteiger partial charge in [-0.3, -0.25) is 4.79 Å². The van der Waals surface area contributed by atoms with Crippen LogP contribution in [0.25, 0.3) is 0 Å². The molecule has 0 spiro atoms. The quantitative estimate of drug-likeness (QED) is 0.757. The second-order valence-corrected chi connectivity index (χ2v) is 7.69. The molecule has 0 radical (unpaired) electrons. The van der Waals surface area contributed by atoms with E-state index in [-0.39, 0.29) is 23.4 Å². The lowest BCUT2D eigenvalue weighted by molar-refractivity contribution is 0.0985. The van der Waals surface area contributed by atoms with E-state index in [1.165, 1.54) is 4.90 Å². The van der Waals surface area contributed by atoms with Gasteiger partial charge in [-0.1, -0.05) is 0 Å². The summed E-state index contributed by atoms with van der Waals surface area (Å²) in [5, 5.41) is 0. The zero-order chi connectivity index (χ0) is 19.1. The van der Waals surface area contributed by atoms with E-state index in [4.69, 9.17) is 0 Å². The van der Waals surface area contributed by atoms with Crippen LogP contribution in [0, 0.1) is 11.6 Å². The molecule has 0 bridgehead atoms. The number of anilines is 1. The minimum atomic E-state index is -4.76. The van der Waals surface area contributed by atoms with E-state index in [0.29, 0.717) is 12.8 Å². The monoisotopic (exact) mass is 387 g/mol. The smallest absolute Gasteiger partial charge is 0.308 e. The molecule has 138 valence electrons. The van der Waals surface area contributed by atoms with Gasteiger partial charge in [-0.15, -0.1) is 0 Å². The maximum atomic E-state index is 13.9. The molecule has 0 atom stereocenters. The summed E-state index contributed by atoms with van der Waals surface area (Å²) in [5.41, 5.74) is 0.363. The van der Waals surface area contributed by atoms with E-state index >= 15 is 0 Å². The Labute approximate surface area is 147 Å². The van der Waals surface area contributed by atoms with Crippen LogP contribution in [0.4, 0.5) is 23.2 Å². The van der Waals surface area contributed by atoms with E-state index in [2.05, 4.69) is 0 Å². The van der Waals surface area contributed by atoms with Gasteiger partial charge in [0.2, 0.25) is 9.84 Å². The van der Waals surface area contributed by atoms with Crippen molar-refractivity contribution >= 4 is 21.4 Å². The Balaban J connectivity index is 1.95. The molecule has 1 aliphatic rings. The number of hydrogen-bond acceptors (Lipinski definition) is 3. The third kappa shape index (κ3) is 3.18. The molecule has 0 aliphatic carbocycles. The molecule has 1 heterocycles. The van der Waals surface area contributed by atoms with Crippen molar-refractivity contribution < 1.29 is 30.8 Å². The first-order chi connectivity index (χ1) is 12.2. The molecule has 9 heteroatoms. The first kappa shape index (κ1) is 18.4. The SMILES string of the molecule is O=C(c1ccc(S(=O)(=O)C(F)F)cc1)N1CCCc2c(F)cc(F)cc21. The second kappa shape index (κ2) is 6.71. The van der Waals surface area contributed by atoms with E-state index < -0.39 is 38.0 Å². The number of rotatable bonds is 3. The summed E-state index contributed by atoms with van der Waals surface area (Å²) >= 11 is 0. The molecule has 2 aromatic carbocycles. The van der Waals surface area contributed by atoms with Gasteiger partial charge in [-0.05, 0) is 43.2 Å². The Hall–Kier alpha value is -2.42. The van der Waals surface area contributed by atoms with Crippen LogP contribution in [0.1, 0.15) is 22.3 Å². The van der Waals surface area contributed by atoms with E-state index in [1.54, 1.807) is 0 Å². The summed E-state index contributed by atoms with van der Waals surface area (Å²) < 4.78 is 75.4. The van der Waals surface area contributed by atoms with Gasteiger partial charge in [0.25, 0.3) is 5.91 Å². The zero-order valence-electron chi connectivity index (χ0n) is 13.3. The Morgan fingerprint density at radius 3 is 2.35 bits per heavy atom. The van der Waals surface area contributed by atoms with Crippen molar-refractivity contribution in [2.75, 3.05) is 11.4 Å². The predicted octanol–water partition coefficient (Wildman–Crippen LogP) is 3.55. The topological polar surface area (TPSA) is 54.5 Å². The van der Waals surface area contributed by atoms with E-state index in [1.807, 2.05) is 0 Å². The average Bonchev–Trinajstić information content (AvgIpc) is 2.60. The third-order valence-electron chi connectivity index (χ3n) is 4.15. The molecule has 0 N–H and O–H groups in total.